The molecular formula is C15H23NO3. The second-order valence-corrected chi connectivity index (χ2v) is 5.33. The van der Waals surface area contributed by atoms with Gasteiger partial charge in [0.05, 0.1) is 13.7 Å². The van der Waals surface area contributed by atoms with E-state index in [1.165, 1.54) is 39.2 Å². The van der Waals surface area contributed by atoms with Gasteiger partial charge in [-0.3, -0.25) is 0 Å². The molecule has 1 saturated carbocycles. The Morgan fingerprint density at radius 1 is 1.42 bits per heavy atom. The van der Waals surface area contributed by atoms with Gasteiger partial charge in [-0.2, -0.15) is 0 Å². The van der Waals surface area contributed by atoms with Crippen molar-refractivity contribution in [2.45, 2.75) is 51.6 Å². The molecule has 1 atom stereocenters. The lowest BCUT2D eigenvalue weighted by molar-refractivity contribution is 0.0562. The first-order valence-electron chi connectivity index (χ1n) is 7.11. The van der Waals surface area contributed by atoms with Crippen molar-refractivity contribution in [2.24, 2.45) is 5.92 Å². The van der Waals surface area contributed by atoms with Crippen LogP contribution in [-0.2, 0) is 11.3 Å². The zero-order valence-corrected chi connectivity index (χ0v) is 11.8. The van der Waals surface area contributed by atoms with E-state index in [4.69, 9.17) is 4.42 Å². The quantitative estimate of drug-likeness (QED) is 0.831. The Hall–Kier alpha value is -1.29. The van der Waals surface area contributed by atoms with Crippen molar-refractivity contribution >= 4 is 5.97 Å². The summed E-state index contributed by atoms with van der Waals surface area (Å²) in [5.41, 5.74) is 0. The second kappa shape index (κ2) is 6.75. The van der Waals surface area contributed by atoms with Crippen molar-refractivity contribution in [3.8, 4) is 0 Å². The SMILES string of the molecule is COC(=O)c1ccc(CN[C@@H](C)C2CCCCC2)o1. The Labute approximate surface area is 114 Å². The summed E-state index contributed by atoms with van der Waals surface area (Å²) in [4.78, 5) is 11.3. The molecule has 0 aliphatic heterocycles. The standard InChI is InChI=1S/C15H23NO3/c1-11(12-6-4-3-5-7-12)16-10-13-8-9-14(19-13)15(17)18-2/h8-9,11-12,16H,3-7,10H2,1-2H3/t11-/m0/s1. The molecule has 1 aromatic rings. The summed E-state index contributed by atoms with van der Waals surface area (Å²) in [6, 6.07) is 3.98. The first kappa shape index (κ1) is 14.1. The molecule has 1 aliphatic rings. The molecule has 1 aliphatic carbocycles. The summed E-state index contributed by atoms with van der Waals surface area (Å²) in [5.74, 6) is 1.39. The number of carbonyl (C=O) groups is 1. The summed E-state index contributed by atoms with van der Waals surface area (Å²) < 4.78 is 10.1. The Balaban J connectivity index is 1.81. The highest BCUT2D eigenvalue weighted by Crippen LogP contribution is 2.26. The second-order valence-electron chi connectivity index (χ2n) is 5.33. The van der Waals surface area contributed by atoms with E-state index in [-0.39, 0.29) is 5.76 Å². The van der Waals surface area contributed by atoms with Crippen LogP contribution in [0, 0.1) is 5.92 Å². The van der Waals surface area contributed by atoms with E-state index in [2.05, 4.69) is 17.0 Å². The monoisotopic (exact) mass is 265 g/mol. The van der Waals surface area contributed by atoms with Gasteiger partial charge in [0.15, 0.2) is 0 Å². The summed E-state index contributed by atoms with van der Waals surface area (Å²) in [6.07, 6.45) is 6.72. The topological polar surface area (TPSA) is 51.5 Å². The van der Waals surface area contributed by atoms with Crippen LogP contribution in [0.2, 0.25) is 0 Å². The third kappa shape index (κ3) is 3.83. The van der Waals surface area contributed by atoms with Crippen molar-refractivity contribution in [1.82, 2.24) is 5.32 Å². The molecular weight excluding hydrogens is 242 g/mol. The molecule has 0 radical (unpaired) electrons. The summed E-state index contributed by atoms with van der Waals surface area (Å²) in [5, 5.41) is 3.49. The number of hydrogen-bond acceptors (Lipinski definition) is 4. The average Bonchev–Trinajstić information content (AvgIpc) is 2.93. The molecule has 0 unspecified atom stereocenters. The molecule has 106 valence electrons. The third-order valence-electron chi connectivity index (χ3n) is 4.00. The van der Waals surface area contributed by atoms with Gasteiger partial charge in [0, 0.05) is 6.04 Å². The summed E-state index contributed by atoms with van der Waals surface area (Å²) >= 11 is 0. The van der Waals surface area contributed by atoms with Gasteiger partial charge in [0.1, 0.15) is 5.76 Å². The van der Waals surface area contributed by atoms with E-state index in [0.717, 1.165) is 11.7 Å². The Bertz CT molecular complexity index is 407. The van der Waals surface area contributed by atoms with Crippen LogP contribution < -0.4 is 5.32 Å². The highest BCUT2D eigenvalue weighted by molar-refractivity contribution is 5.86. The van der Waals surface area contributed by atoms with Crippen LogP contribution in [0.5, 0.6) is 0 Å². The van der Waals surface area contributed by atoms with Crippen LogP contribution in [0.25, 0.3) is 0 Å². The number of esters is 1. The fraction of sp³-hybridized carbons (Fsp3) is 0.667. The number of ether oxygens (including phenoxy) is 1. The van der Waals surface area contributed by atoms with Crippen LogP contribution in [0.15, 0.2) is 16.5 Å². The molecule has 0 amide bonds. The van der Waals surface area contributed by atoms with E-state index in [9.17, 15) is 4.79 Å². The maximum absolute atomic E-state index is 11.3. The minimum atomic E-state index is -0.424. The minimum Gasteiger partial charge on any atom is -0.463 e. The molecule has 1 aromatic heterocycles. The largest absolute Gasteiger partial charge is 0.463 e. The van der Waals surface area contributed by atoms with Crippen molar-refractivity contribution in [3.05, 3.63) is 23.7 Å². The van der Waals surface area contributed by atoms with Gasteiger partial charge >= 0.3 is 5.97 Å². The maximum atomic E-state index is 11.3. The molecule has 2 rings (SSSR count). The van der Waals surface area contributed by atoms with E-state index in [1.54, 1.807) is 6.07 Å². The van der Waals surface area contributed by atoms with Gasteiger partial charge in [-0.25, -0.2) is 4.79 Å². The summed E-state index contributed by atoms with van der Waals surface area (Å²) in [7, 11) is 1.36. The smallest absolute Gasteiger partial charge is 0.373 e. The van der Waals surface area contributed by atoms with E-state index >= 15 is 0 Å². The molecule has 0 bridgehead atoms. The summed E-state index contributed by atoms with van der Waals surface area (Å²) in [6.45, 7) is 2.90. The number of rotatable bonds is 5. The molecule has 4 nitrogen and oxygen atoms in total. The predicted molar refractivity (Wildman–Crippen MR) is 72.9 cm³/mol. The highest BCUT2D eigenvalue weighted by Gasteiger charge is 2.20. The number of carbonyl (C=O) groups excluding carboxylic acids is 1. The zero-order valence-electron chi connectivity index (χ0n) is 11.8. The van der Waals surface area contributed by atoms with Crippen molar-refractivity contribution in [2.75, 3.05) is 7.11 Å². The molecule has 4 heteroatoms. The number of nitrogens with one attached hydrogen (secondary N) is 1. The molecule has 1 fully saturated rings. The molecule has 0 spiro atoms. The van der Waals surface area contributed by atoms with Crippen LogP contribution >= 0.6 is 0 Å². The van der Waals surface area contributed by atoms with Gasteiger partial charge in [-0.1, -0.05) is 19.3 Å². The van der Waals surface area contributed by atoms with Crippen LogP contribution in [-0.4, -0.2) is 19.1 Å². The molecule has 1 heterocycles. The predicted octanol–water partition coefficient (Wildman–Crippen LogP) is 3.12. The van der Waals surface area contributed by atoms with Crippen molar-refractivity contribution in [1.29, 1.82) is 0 Å². The molecule has 0 aromatic carbocycles. The van der Waals surface area contributed by atoms with Crippen molar-refractivity contribution < 1.29 is 13.9 Å². The molecule has 0 saturated heterocycles. The van der Waals surface area contributed by atoms with E-state index in [0.29, 0.717) is 12.6 Å². The van der Waals surface area contributed by atoms with Crippen LogP contribution in [0.3, 0.4) is 0 Å². The molecule has 1 N–H and O–H groups in total. The fourth-order valence-electron chi connectivity index (χ4n) is 2.75. The first-order valence-corrected chi connectivity index (χ1v) is 7.11. The number of furan rings is 1. The Morgan fingerprint density at radius 2 is 2.16 bits per heavy atom. The lowest BCUT2D eigenvalue weighted by Crippen LogP contribution is -2.34. The van der Waals surface area contributed by atoms with Crippen LogP contribution in [0.4, 0.5) is 0 Å². The van der Waals surface area contributed by atoms with Gasteiger partial charge in [0.2, 0.25) is 5.76 Å². The number of hydrogen-bond donors (Lipinski definition) is 1. The lowest BCUT2D eigenvalue weighted by atomic mass is 9.84. The normalized spacial score (nSPS) is 18.2. The van der Waals surface area contributed by atoms with Gasteiger partial charge in [-0.05, 0) is 37.8 Å². The minimum absolute atomic E-state index is 0.268. The van der Waals surface area contributed by atoms with Crippen molar-refractivity contribution in [3.63, 3.8) is 0 Å². The third-order valence-corrected chi connectivity index (χ3v) is 4.00. The maximum Gasteiger partial charge on any atom is 0.373 e. The number of methoxy groups -OCH3 is 1. The van der Waals surface area contributed by atoms with Gasteiger partial charge < -0.3 is 14.5 Å². The van der Waals surface area contributed by atoms with Gasteiger partial charge in [0.25, 0.3) is 0 Å². The first-order chi connectivity index (χ1) is 9.20. The lowest BCUT2D eigenvalue weighted by Gasteiger charge is -2.28. The fourth-order valence-corrected chi connectivity index (χ4v) is 2.75. The zero-order chi connectivity index (χ0) is 13.7. The van der Waals surface area contributed by atoms with E-state index < -0.39 is 5.97 Å². The average molecular weight is 265 g/mol. The highest BCUT2D eigenvalue weighted by atomic mass is 16.5. The van der Waals surface area contributed by atoms with E-state index in [1.807, 2.05) is 6.07 Å². The Morgan fingerprint density at radius 3 is 2.84 bits per heavy atom. The Kier molecular flexibility index (Phi) is 5.02. The van der Waals surface area contributed by atoms with Crippen LogP contribution in [0.1, 0.15) is 55.3 Å². The van der Waals surface area contributed by atoms with Gasteiger partial charge in [-0.15, -0.1) is 0 Å². The molecule has 19 heavy (non-hydrogen) atoms.